The van der Waals surface area contributed by atoms with Crippen molar-refractivity contribution in [3.05, 3.63) is 10.7 Å². The van der Waals surface area contributed by atoms with Crippen LogP contribution in [0.1, 0.15) is 19.8 Å². The molecular weight excluding hydrogens is 176 g/mol. The van der Waals surface area contributed by atoms with Gasteiger partial charge in [-0.3, -0.25) is 0 Å². The van der Waals surface area contributed by atoms with Crippen molar-refractivity contribution in [3.63, 3.8) is 0 Å². The van der Waals surface area contributed by atoms with Crippen LogP contribution in [0.5, 0.6) is 0 Å². The largest absolute Gasteiger partial charge is 0.390 e. The number of hydrogen-bond donors (Lipinski definition) is 2. The number of ether oxygens (including phenoxy) is 1. The first-order valence-electron chi connectivity index (χ1n) is 4.13. The van der Waals surface area contributed by atoms with Crippen molar-refractivity contribution in [2.75, 3.05) is 19.8 Å². The molecule has 0 aliphatic heterocycles. The van der Waals surface area contributed by atoms with Crippen molar-refractivity contribution in [1.82, 2.24) is 0 Å². The van der Waals surface area contributed by atoms with Gasteiger partial charge in [-0.15, -0.1) is 0 Å². The smallest absolute Gasteiger partial charge is 0.0984 e. The van der Waals surface area contributed by atoms with Crippen LogP contribution < -0.4 is 11.5 Å². The highest BCUT2D eigenvalue weighted by Crippen LogP contribution is 2.11. The van der Waals surface area contributed by atoms with E-state index in [1.54, 1.807) is 0 Å². The fourth-order valence-corrected chi connectivity index (χ4v) is 1.07. The van der Waals surface area contributed by atoms with Crippen LogP contribution in [-0.2, 0) is 4.74 Å². The molecule has 0 aliphatic rings. The Morgan fingerprint density at radius 1 is 1.42 bits per heavy atom. The number of hydrogen-bond acceptors (Lipinski definition) is 3. The van der Waals surface area contributed by atoms with Gasteiger partial charge >= 0.3 is 0 Å². The van der Waals surface area contributed by atoms with E-state index in [0.717, 1.165) is 18.4 Å². The zero-order chi connectivity index (χ0) is 9.40. The SMILES string of the molecule is CC/C(CCOCCN)=C(/N)Cl. The molecule has 0 aliphatic carbocycles. The normalized spacial score (nSPS) is 12.9. The molecule has 0 rings (SSSR count). The summed E-state index contributed by atoms with van der Waals surface area (Å²) in [6.07, 6.45) is 1.67. The zero-order valence-electron chi connectivity index (χ0n) is 7.48. The molecular formula is C8H17ClN2O. The Labute approximate surface area is 78.7 Å². The van der Waals surface area contributed by atoms with Gasteiger partial charge in [-0.1, -0.05) is 18.5 Å². The van der Waals surface area contributed by atoms with Crippen molar-refractivity contribution >= 4 is 11.6 Å². The Morgan fingerprint density at radius 2 is 2.08 bits per heavy atom. The average Bonchev–Trinajstić information content (AvgIpc) is 2.04. The van der Waals surface area contributed by atoms with E-state index in [4.69, 9.17) is 27.8 Å². The van der Waals surface area contributed by atoms with Gasteiger partial charge in [0.15, 0.2) is 0 Å². The molecule has 0 saturated heterocycles. The van der Waals surface area contributed by atoms with E-state index in [9.17, 15) is 0 Å². The summed E-state index contributed by atoms with van der Waals surface area (Å²) in [5.41, 5.74) is 11.7. The molecule has 0 saturated carbocycles. The molecule has 0 amide bonds. The minimum absolute atomic E-state index is 0.397. The molecule has 12 heavy (non-hydrogen) atoms. The molecule has 72 valence electrons. The molecule has 0 unspecified atom stereocenters. The maximum Gasteiger partial charge on any atom is 0.0984 e. The summed E-state index contributed by atoms with van der Waals surface area (Å²) in [4.78, 5) is 0. The Kier molecular flexibility index (Phi) is 7.25. The minimum Gasteiger partial charge on any atom is -0.390 e. The summed E-state index contributed by atoms with van der Waals surface area (Å²) in [6.45, 7) is 3.82. The molecule has 0 bridgehead atoms. The van der Waals surface area contributed by atoms with Gasteiger partial charge in [-0.25, -0.2) is 0 Å². The molecule has 4 heteroatoms. The molecule has 0 aromatic heterocycles. The summed E-state index contributed by atoms with van der Waals surface area (Å²) in [5, 5.41) is 0.397. The van der Waals surface area contributed by atoms with Crippen molar-refractivity contribution in [1.29, 1.82) is 0 Å². The van der Waals surface area contributed by atoms with Crippen LogP contribution in [0.2, 0.25) is 0 Å². The van der Waals surface area contributed by atoms with Gasteiger partial charge in [0.05, 0.1) is 18.4 Å². The lowest BCUT2D eigenvalue weighted by atomic mass is 10.1. The maximum absolute atomic E-state index is 5.63. The second-order valence-electron chi connectivity index (χ2n) is 2.46. The summed E-state index contributed by atoms with van der Waals surface area (Å²) in [6, 6.07) is 0. The highest BCUT2D eigenvalue weighted by Gasteiger charge is 1.98. The van der Waals surface area contributed by atoms with E-state index in [1.165, 1.54) is 0 Å². The van der Waals surface area contributed by atoms with Gasteiger partial charge in [0.2, 0.25) is 0 Å². The number of rotatable bonds is 6. The van der Waals surface area contributed by atoms with E-state index in [1.807, 2.05) is 6.92 Å². The zero-order valence-corrected chi connectivity index (χ0v) is 8.23. The van der Waals surface area contributed by atoms with E-state index in [-0.39, 0.29) is 0 Å². The van der Waals surface area contributed by atoms with Gasteiger partial charge in [-0.05, 0) is 18.4 Å². The third-order valence-corrected chi connectivity index (χ3v) is 1.84. The van der Waals surface area contributed by atoms with E-state index in [2.05, 4.69) is 0 Å². The van der Waals surface area contributed by atoms with Crippen LogP contribution in [0, 0.1) is 0 Å². The highest BCUT2D eigenvalue weighted by atomic mass is 35.5. The van der Waals surface area contributed by atoms with Crippen molar-refractivity contribution < 1.29 is 4.74 Å². The topological polar surface area (TPSA) is 61.3 Å². The average molecular weight is 193 g/mol. The lowest BCUT2D eigenvalue weighted by Gasteiger charge is -2.05. The number of nitrogens with two attached hydrogens (primary N) is 2. The van der Waals surface area contributed by atoms with Gasteiger partial charge in [-0.2, -0.15) is 0 Å². The van der Waals surface area contributed by atoms with E-state index in [0.29, 0.717) is 24.9 Å². The summed E-state index contributed by atoms with van der Waals surface area (Å²) in [5.74, 6) is 0. The van der Waals surface area contributed by atoms with Gasteiger partial charge in [0.25, 0.3) is 0 Å². The molecule has 4 N–H and O–H groups in total. The van der Waals surface area contributed by atoms with Crippen LogP contribution in [0.25, 0.3) is 0 Å². The van der Waals surface area contributed by atoms with E-state index < -0.39 is 0 Å². The van der Waals surface area contributed by atoms with Gasteiger partial charge in [0.1, 0.15) is 0 Å². The van der Waals surface area contributed by atoms with Gasteiger partial charge in [0, 0.05) is 6.54 Å². The first-order chi connectivity index (χ1) is 5.72. The van der Waals surface area contributed by atoms with Crippen LogP contribution >= 0.6 is 11.6 Å². The molecule has 3 nitrogen and oxygen atoms in total. The fourth-order valence-electron chi connectivity index (χ4n) is 0.846. The second kappa shape index (κ2) is 7.40. The summed E-state index contributed by atoms with van der Waals surface area (Å²) < 4.78 is 5.19. The summed E-state index contributed by atoms with van der Waals surface area (Å²) >= 11 is 5.63. The molecule has 0 radical (unpaired) electrons. The Morgan fingerprint density at radius 3 is 2.50 bits per heavy atom. The van der Waals surface area contributed by atoms with E-state index >= 15 is 0 Å². The molecule has 0 fully saturated rings. The standard InChI is InChI=1S/C8H17ClN2O/c1-2-7(8(9)11)3-5-12-6-4-10/h2-6,10-11H2,1H3/b8-7-. The minimum atomic E-state index is 0.397. The Bertz CT molecular complexity index is 144. The Hall–Kier alpha value is -0.250. The molecule has 0 spiro atoms. The molecule has 0 heterocycles. The third kappa shape index (κ3) is 5.41. The Balaban J connectivity index is 3.53. The fraction of sp³-hybridized carbons (Fsp3) is 0.750. The third-order valence-electron chi connectivity index (χ3n) is 1.57. The summed E-state index contributed by atoms with van der Waals surface area (Å²) in [7, 11) is 0. The van der Waals surface area contributed by atoms with Crippen LogP contribution in [0.4, 0.5) is 0 Å². The van der Waals surface area contributed by atoms with Crippen LogP contribution in [0.3, 0.4) is 0 Å². The molecule has 0 aromatic carbocycles. The number of halogens is 1. The van der Waals surface area contributed by atoms with Crippen molar-refractivity contribution in [2.45, 2.75) is 19.8 Å². The van der Waals surface area contributed by atoms with Crippen molar-refractivity contribution in [2.24, 2.45) is 11.5 Å². The lowest BCUT2D eigenvalue weighted by molar-refractivity contribution is 0.144. The maximum atomic E-state index is 5.63. The van der Waals surface area contributed by atoms with Gasteiger partial charge < -0.3 is 16.2 Å². The monoisotopic (exact) mass is 192 g/mol. The molecule has 0 atom stereocenters. The lowest BCUT2D eigenvalue weighted by Crippen LogP contribution is -2.09. The van der Waals surface area contributed by atoms with Crippen LogP contribution in [-0.4, -0.2) is 19.8 Å². The molecule has 0 aromatic rings. The predicted octanol–water partition coefficient (Wildman–Crippen LogP) is 1.17. The quantitative estimate of drug-likeness (QED) is 0.491. The highest BCUT2D eigenvalue weighted by molar-refractivity contribution is 6.29. The first kappa shape index (κ1) is 11.8. The second-order valence-corrected chi connectivity index (χ2v) is 2.86. The first-order valence-corrected chi connectivity index (χ1v) is 4.51. The van der Waals surface area contributed by atoms with Crippen molar-refractivity contribution in [3.8, 4) is 0 Å². The predicted molar refractivity (Wildman–Crippen MR) is 51.8 cm³/mol. The van der Waals surface area contributed by atoms with Crippen LogP contribution in [0.15, 0.2) is 10.7 Å².